The molecule has 3 atom stereocenters. The topological polar surface area (TPSA) is 88.5 Å². The smallest absolute Gasteiger partial charge is 0.308 e. The van der Waals surface area contributed by atoms with Gasteiger partial charge in [-0.1, -0.05) is 77.2 Å². The highest BCUT2D eigenvalue weighted by atomic mass is 35.5. The van der Waals surface area contributed by atoms with Crippen LogP contribution in [0.2, 0.25) is 5.02 Å². The van der Waals surface area contributed by atoms with E-state index in [0.717, 1.165) is 27.0 Å². The van der Waals surface area contributed by atoms with Gasteiger partial charge < -0.3 is 5.32 Å². The van der Waals surface area contributed by atoms with E-state index >= 15 is 0 Å². The molecule has 2 aliphatic heterocycles. The van der Waals surface area contributed by atoms with E-state index in [1.165, 1.54) is 32.6 Å². The Morgan fingerprint density at radius 1 is 0.902 bits per heavy atom. The van der Waals surface area contributed by atoms with Gasteiger partial charge in [-0.3, -0.25) is 23.7 Å². The maximum Gasteiger partial charge on any atom is 0.308 e. The summed E-state index contributed by atoms with van der Waals surface area (Å²) < 4.78 is 1.44. The number of halogens is 1. The molecule has 11 heteroatoms. The zero-order valence-electron chi connectivity index (χ0n) is 21.2. The van der Waals surface area contributed by atoms with Gasteiger partial charge in [0.15, 0.2) is 0 Å². The molecule has 41 heavy (non-hydrogen) atoms. The molecule has 0 unspecified atom stereocenters. The van der Waals surface area contributed by atoms with Crippen LogP contribution in [-0.2, 0) is 20.9 Å². The summed E-state index contributed by atoms with van der Waals surface area (Å²) in [5.41, 5.74) is 1.11. The maximum atomic E-state index is 13.8. The second-order valence-electron chi connectivity index (χ2n) is 9.74. The van der Waals surface area contributed by atoms with Gasteiger partial charge in [-0.15, -0.1) is 11.3 Å². The first-order chi connectivity index (χ1) is 19.9. The van der Waals surface area contributed by atoms with Crippen LogP contribution in [0.1, 0.15) is 15.7 Å². The molecule has 204 valence electrons. The quantitative estimate of drug-likeness (QED) is 0.237. The second kappa shape index (κ2) is 10.3. The van der Waals surface area contributed by atoms with E-state index in [1.807, 2.05) is 60.0 Å². The van der Waals surface area contributed by atoms with Gasteiger partial charge in [0, 0.05) is 31.8 Å². The Morgan fingerprint density at radius 2 is 1.68 bits per heavy atom. The average Bonchev–Trinajstić information content (AvgIpc) is 3.67. The lowest BCUT2D eigenvalue weighted by Crippen LogP contribution is -2.32. The Balaban J connectivity index is 1.25. The highest BCUT2D eigenvalue weighted by Crippen LogP contribution is 2.54. The number of carbonyl (C=O) groups is 3. The van der Waals surface area contributed by atoms with Crippen LogP contribution >= 0.6 is 46.0 Å². The van der Waals surface area contributed by atoms with E-state index in [9.17, 15) is 19.2 Å². The lowest BCUT2D eigenvalue weighted by atomic mass is 9.87. The van der Waals surface area contributed by atoms with Gasteiger partial charge in [-0.2, -0.15) is 0 Å². The number of thiophene rings is 1. The number of thiazole rings is 1. The third-order valence-corrected chi connectivity index (χ3v) is 11.2. The molecule has 0 radical (unpaired) electrons. The number of hydrogen-bond acceptors (Lipinski definition) is 7. The number of benzene rings is 3. The van der Waals surface area contributed by atoms with Crippen molar-refractivity contribution in [3.63, 3.8) is 0 Å². The molecule has 4 heterocycles. The van der Waals surface area contributed by atoms with Crippen molar-refractivity contribution in [3.05, 3.63) is 109 Å². The first-order valence-corrected chi connectivity index (χ1v) is 15.7. The first-order valence-electron chi connectivity index (χ1n) is 12.8. The summed E-state index contributed by atoms with van der Waals surface area (Å²) in [5.74, 6) is -2.14. The van der Waals surface area contributed by atoms with Crippen molar-refractivity contribution in [2.45, 2.75) is 22.7 Å². The fraction of sp³-hybridized carbons (Fsp3) is 0.133. The molecule has 0 bridgehead atoms. The van der Waals surface area contributed by atoms with Gasteiger partial charge in [0.1, 0.15) is 11.8 Å². The molecule has 0 aliphatic carbocycles. The lowest BCUT2D eigenvalue weighted by molar-refractivity contribution is -0.122. The molecule has 2 aromatic heterocycles. The van der Waals surface area contributed by atoms with Crippen molar-refractivity contribution in [1.82, 2.24) is 4.57 Å². The number of amides is 3. The lowest BCUT2D eigenvalue weighted by Gasteiger charge is -2.29. The Bertz CT molecular complexity index is 1890. The molecule has 1 saturated heterocycles. The first kappa shape index (κ1) is 26.2. The van der Waals surface area contributed by atoms with Crippen molar-refractivity contribution >= 4 is 85.9 Å². The number of hydrogen-bond donors (Lipinski definition) is 1. The number of aromatic nitrogens is 1. The standard InChI is InChI=1S/C30H20ClN3O4S3/c31-17-10-12-18(13-11-17)34-27(36)24-23(21-9-4-14-39-21)26-29(40-25(24)28(34)37)33(30(38)41-26)15-22(35)32-20-8-3-6-16-5-1-2-7-19(16)20/h1-14,23-25H,15H2,(H,32,35)/t23-,24-,25+/m0/s1. The number of imide groups is 1. The van der Waals surface area contributed by atoms with Crippen LogP contribution in [0.5, 0.6) is 0 Å². The van der Waals surface area contributed by atoms with Crippen LogP contribution in [-0.4, -0.2) is 27.5 Å². The molecular weight excluding hydrogens is 598 g/mol. The minimum absolute atomic E-state index is 0.210. The van der Waals surface area contributed by atoms with Gasteiger partial charge in [0.2, 0.25) is 17.7 Å². The van der Waals surface area contributed by atoms with Gasteiger partial charge in [0.25, 0.3) is 0 Å². The average molecular weight is 618 g/mol. The molecule has 1 N–H and O–H groups in total. The number of nitrogens with one attached hydrogen (secondary N) is 1. The van der Waals surface area contributed by atoms with Crippen molar-refractivity contribution in [2.75, 3.05) is 10.2 Å². The zero-order valence-corrected chi connectivity index (χ0v) is 24.4. The molecule has 3 aromatic carbocycles. The molecular formula is C30H20ClN3O4S3. The fourth-order valence-electron chi connectivity index (χ4n) is 5.54. The summed E-state index contributed by atoms with van der Waals surface area (Å²) in [6.45, 7) is -0.210. The number of nitrogens with zero attached hydrogens (tertiary/aromatic N) is 2. The maximum absolute atomic E-state index is 13.8. The SMILES string of the molecule is O=C(Cn1c2c(sc1=O)[C@@H](c1cccs1)[C@@H]1C(=O)N(c3ccc(Cl)cc3)C(=O)[C@@H]1S2)Nc1cccc2ccccc12. The van der Waals surface area contributed by atoms with E-state index < -0.39 is 17.1 Å². The van der Waals surface area contributed by atoms with Crippen molar-refractivity contribution < 1.29 is 14.4 Å². The predicted octanol–water partition coefficient (Wildman–Crippen LogP) is 6.21. The van der Waals surface area contributed by atoms with Crippen LogP contribution in [0.25, 0.3) is 10.8 Å². The summed E-state index contributed by atoms with van der Waals surface area (Å²) in [5, 5.41) is 7.09. The molecule has 7 nitrogen and oxygen atoms in total. The molecule has 3 amide bonds. The fourth-order valence-corrected chi connectivity index (χ4v) is 9.39. The molecule has 2 aliphatic rings. The van der Waals surface area contributed by atoms with Gasteiger partial charge in [0.05, 0.1) is 16.6 Å². The summed E-state index contributed by atoms with van der Waals surface area (Å²) in [4.78, 5) is 56.7. The zero-order chi connectivity index (χ0) is 28.2. The Morgan fingerprint density at radius 3 is 2.46 bits per heavy atom. The normalized spacial score (nSPS) is 19.8. The van der Waals surface area contributed by atoms with Crippen molar-refractivity contribution in [1.29, 1.82) is 0 Å². The van der Waals surface area contributed by atoms with E-state index in [4.69, 9.17) is 11.6 Å². The van der Waals surface area contributed by atoms with Crippen LogP contribution < -0.4 is 15.1 Å². The van der Waals surface area contributed by atoms with E-state index in [1.54, 1.807) is 24.3 Å². The number of rotatable bonds is 5. The highest BCUT2D eigenvalue weighted by Gasteiger charge is 2.57. The third-order valence-electron chi connectivity index (χ3n) is 7.35. The van der Waals surface area contributed by atoms with E-state index in [0.29, 0.717) is 26.3 Å². The monoisotopic (exact) mass is 617 g/mol. The molecule has 7 rings (SSSR count). The van der Waals surface area contributed by atoms with Gasteiger partial charge >= 0.3 is 4.87 Å². The van der Waals surface area contributed by atoms with Crippen LogP contribution in [0.4, 0.5) is 11.4 Å². The minimum atomic E-state index is -0.737. The number of thioether (sulfide) groups is 1. The van der Waals surface area contributed by atoms with Crippen LogP contribution in [0.3, 0.4) is 0 Å². The van der Waals surface area contributed by atoms with Crippen molar-refractivity contribution in [3.8, 4) is 0 Å². The summed E-state index contributed by atoms with van der Waals surface area (Å²) in [6, 6.07) is 23.8. The number of anilines is 2. The largest absolute Gasteiger partial charge is 0.324 e. The Kier molecular flexibility index (Phi) is 6.58. The number of fused-ring (bicyclic) bond motifs is 3. The summed E-state index contributed by atoms with van der Waals surface area (Å²) >= 11 is 9.77. The number of carbonyl (C=O) groups excluding carboxylic acids is 3. The summed E-state index contributed by atoms with van der Waals surface area (Å²) in [7, 11) is 0. The summed E-state index contributed by atoms with van der Waals surface area (Å²) in [6.07, 6.45) is 0. The van der Waals surface area contributed by atoms with Gasteiger partial charge in [-0.25, -0.2) is 4.90 Å². The van der Waals surface area contributed by atoms with Crippen molar-refractivity contribution in [2.24, 2.45) is 5.92 Å². The Labute approximate surface area is 251 Å². The second-order valence-corrected chi connectivity index (χ2v) is 13.3. The highest BCUT2D eigenvalue weighted by molar-refractivity contribution is 8.00. The van der Waals surface area contributed by atoms with Gasteiger partial charge in [-0.05, 0) is 47.2 Å². The molecule has 5 aromatic rings. The predicted molar refractivity (Wildman–Crippen MR) is 164 cm³/mol. The molecule has 1 fully saturated rings. The van der Waals surface area contributed by atoms with Crippen LogP contribution in [0, 0.1) is 5.92 Å². The third kappa shape index (κ3) is 4.42. The molecule has 0 saturated carbocycles. The van der Waals surface area contributed by atoms with E-state index in [-0.39, 0.29) is 29.1 Å². The van der Waals surface area contributed by atoms with Crippen LogP contribution in [0.15, 0.2) is 94.1 Å². The van der Waals surface area contributed by atoms with E-state index in [2.05, 4.69) is 5.32 Å². The molecule has 0 spiro atoms. The Hall–Kier alpha value is -3.70. The minimum Gasteiger partial charge on any atom is -0.324 e.